The summed E-state index contributed by atoms with van der Waals surface area (Å²) in [7, 11) is 0. The number of benzene rings is 2. The Labute approximate surface area is 190 Å². The van der Waals surface area contributed by atoms with Crippen LogP contribution in [0.5, 0.6) is 0 Å². The number of thioether (sulfide) groups is 1. The number of nitrogens with one attached hydrogen (secondary N) is 1. The smallest absolute Gasteiger partial charge is 0.242 e. The molecule has 1 aliphatic rings. The third-order valence-electron chi connectivity index (χ3n) is 5.84. The highest BCUT2D eigenvalue weighted by molar-refractivity contribution is 7.99. The molecule has 1 aliphatic carbocycles. The molecule has 0 unspecified atom stereocenters. The van der Waals surface area contributed by atoms with Crippen molar-refractivity contribution in [1.82, 2.24) is 10.2 Å². The third-order valence-corrected chi connectivity index (χ3v) is 6.83. The fourth-order valence-corrected chi connectivity index (χ4v) is 5.09. The number of carbonyl (C=O) groups is 2. The van der Waals surface area contributed by atoms with Gasteiger partial charge in [-0.1, -0.05) is 72.5 Å². The van der Waals surface area contributed by atoms with Crippen LogP contribution in [0, 0.1) is 13.8 Å². The van der Waals surface area contributed by atoms with Crippen molar-refractivity contribution in [2.45, 2.75) is 70.8 Å². The van der Waals surface area contributed by atoms with Crippen LogP contribution >= 0.6 is 11.8 Å². The summed E-state index contributed by atoms with van der Waals surface area (Å²) >= 11 is 1.61. The fourth-order valence-electron chi connectivity index (χ4n) is 4.25. The van der Waals surface area contributed by atoms with Crippen LogP contribution in [0.2, 0.25) is 0 Å². The normalized spacial score (nSPS) is 14.9. The quantitative estimate of drug-likeness (QED) is 0.598. The van der Waals surface area contributed by atoms with Crippen LogP contribution in [-0.4, -0.2) is 34.6 Å². The van der Waals surface area contributed by atoms with Crippen LogP contribution in [0.4, 0.5) is 0 Å². The molecular formula is C26H34N2O2S. The first-order valence-electron chi connectivity index (χ1n) is 11.2. The summed E-state index contributed by atoms with van der Waals surface area (Å²) in [5.74, 6) is 1.11. The predicted octanol–water partition coefficient (Wildman–Crippen LogP) is 5.01. The summed E-state index contributed by atoms with van der Waals surface area (Å²) in [6, 6.07) is 16.2. The molecule has 0 aromatic heterocycles. The number of hydrogen-bond donors (Lipinski definition) is 1. The van der Waals surface area contributed by atoms with E-state index in [4.69, 9.17) is 0 Å². The fraction of sp³-hybridized carbons (Fsp3) is 0.462. The molecule has 1 fully saturated rings. The molecule has 0 saturated heterocycles. The first-order chi connectivity index (χ1) is 14.9. The van der Waals surface area contributed by atoms with Gasteiger partial charge in [0.25, 0.3) is 0 Å². The SMILES string of the molecule is Cc1cc(C)cc(CSCC(=O)N(Cc2ccccc2)[C@H](C)C(=O)NC2CCCC2)c1. The molecule has 166 valence electrons. The van der Waals surface area contributed by atoms with Gasteiger partial charge in [0.15, 0.2) is 0 Å². The van der Waals surface area contributed by atoms with Crippen LogP contribution < -0.4 is 5.32 Å². The van der Waals surface area contributed by atoms with Crippen molar-refractivity contribution in [3.8, 4) is 0 Å². The number of aryl methyl sites for hydroxylation is 2. The van der Waals surface area contributed by atoms with E-state index >= 15 is 0 Å². The van der Waals surface area contributed by atoms with E-state index in [1.807, 2.05) is 37.3 Å². The lowest BCUT2D eigenvalue weighted by atomic mass is 10.1. The maximum atomic E-state index is 13.2. The number of rotatable bonds is 9. The van der Waals surface area contributed by atoms with Crippen molar-refractivity contribution in [1.29, 1.82) is 0 Å². The second-order valence-corrected chi connectivity index (χ2v) is 9.65. The molecule has 1 N–H and O–H groups in total. The zero-order chi connectivity index (χ0) is 22.2. The van der Waals surface area contributed by atoms with E-state index in [0.717, 1.165) is 24.2 Å². The Morgan fingerprint density at radius 3 is 2.32 bits per heavy atom. The molecule has 0 bridgehead atoms. The number of hydrogen-bond acceptors (Lipinski definition) is 3. The molecule has 0 spiro atoms. The highest BCUT2D eigenvalue weighted by Gasteiger charge is 2.28. The van der Waals surface area contributed by atoms with E-state index in [1.54, 1.807) is 16.7 Å². The van der Waals surface area contributed by atoms with Crippen molar-refractivity contribution in [2.24, 2.45) is 0 Å². The van der Waals surface area contributed by atoms with Crippen molar-refractivity contribution < 1.29 is 9.59 Å². The number of nitrogens with zero attached hydrogens (tertiary/aromatic N) is 1. The summed E-state index contributed by atoms with van der Waals surface area (Å²) in [6.07, 6.45) is 4.41. The van der Waals surface area contributed by atoms with Gasteiger partial charge in [-0.2, -0.15) is 0 Å². The molecule has 5 heteroatoms. The minimum absolute atomic E-state index is 0.00676. The van der Waals surface area contributed by atoms with Gasteiger partial charge in [-0.05, 0) is 44.7 Å². The van der Waals surface area contributed by atoms with Crippen LogP contribution in [0.25, 0.3) is 0 Å². The van der Waals surface area contributed by atoms with Gasteiger partial charge in [-0.3, -0.25) is 9.59 Å². The van der Waals surface area contributed by atoms with Gasteiger partial charge in [-0.15, -0.1) is 11.8 Å². The molecule has 31 heavy (non-hydrogen) atoms. The van der Waals surface area contributed by atoms with Crippen LogP contribution in [0.1, 0.15) is 54.9 Å². The van der Waals surface area contributed by atoms with Gasteiger partial charge < -0.3 is 10.2 Å². The molecule has 1 saturated carbocycles. The molecule has 2 aromatic carbocycles. The average molecular weight is 439 g/mol. The van der Waals surface area contributed by atoms with Crippen LogP contribution in [0.3, 0.4) is 0 Å². The minimum atomic E-state index is -0.491. The number of carbonyl (C=O) groups excluding carboxylic acids is 2. The Kier molecular flexibility index (Phi) is 8.59. The lowest BCUT2D eigenvalue weighted by molar-refractivity contribution is -0.138. The molecule has 2 amide bonds. The van der Waals surface area contributed by atoms with E-state index in [0.29, 0.717) is 12.3 Å². The monoisotopic (exact) mass is 438 g/mol. The molecule has 0 radical (unpaired) electrons. The average Bonchev–Trinajstić information content (AvgIpc) is 3.24. The highest BCUT2D eigenvalue weighted by atomic mass is 32.2. The minimum Gasteiger partial charge on any atom is -0.352 e. The summed E-state index contributed by atoms with van der Waals surface area (Å²) in [5.41, 5.74) is 4.75. The first-order valence-corrected chi connectivity index (χ1v) is 12.4. The molecule has 4 nitrogen and oxygen atoms in total. The van der Waals surface area contributed by atoms with Gasteiger partial charge in [-0.25, -0.2) is 0 Å². The standard InChI is InChI=1S/C26H34N2O2S/c1-19-13-20(2)15-23(14-19)17-31-18-25(29)28(16-22-9-5-4-6-10-22)21(3)26(30)27-24-11-7-8-12-24/h4-6,9-10,13-15,21,24H,7-8,11-12,16-18H2,1-3H3,(H,27,30)/t21-/m1/s1. The topological polar surface area (TPSA) is 49.4 Å². The Morgan fingerprint density at radius 2 is 1.68 bits per heavy atom. The molecule has 1 atom stereocenters. The highest BCUT2D eigenvalue weighted by Crippen LogP contribution is 2.20. The zero-order valence-electron chi connectivity index (χ0n) is 18.9. The predicted molar refractivity (Wildman–Crippen MR) is 129 cm³/mol. The van der Waals surface area contributed by atoms with Crippen molar-refractivity contribution in [3.63, 3.8) is 0 Å². The van der Waals surface area contributed by atoms with Crippen molar-refractivity contribution in [2.75, 3.05) is 5.75 Å². The van der Waals surface area contributed by atoms with E-state index in [1.165, 1.54) is 29.5 Å². The molecule has 0 heterocycles. The Morgan fingerprint density at radius 1 is 1.03 bits per heavy atom. The second-order valence-electron chi connectivity index (χ2n) is 8.66. The maximum Gasteiger partial charge on any atom is 0.242 e. The molecule has 0 aliphatic heterocycles. The van der Waals surface area contributed by atoms with Gasteiger partial charge in [0.05, 0.1) is 5.75 Å². The summed E-state index contributed by atoms with van der Waals surface area (Å²) in [5, 5.41) is 3.15. The van der Waals surface area contributed by atoms with Gasteiger partial charge >= 0.3 is 0 Å². The molecule has 2 aromatic rings. The van der Waals surface area contributed by atoms with Gasteiger partial charge in [0, 0.05) is 18.3 Å². The van der Waals surface area contributed by atoms with Crippen molar-refractivity contribution >= 4 is 23.6 Å². The van der Waals surface area contributed by atoms with E-state index in [9.17, 15) is 9.59 Å². The molecule has 3 rings (SSSR count). The van der Waals surface area contributed by atoms with E-state index in [2.05, 4.69) is 37.4 Å². The largest absolute Gasteiger partial charge is 0.352 e. The Balaban J connectivity index is 1.64. The lowest BCUT2D eigenvalue weighted by Gasteiger charge is -2.29. The van der Waals surface area contributed by atoms with E-state index in [-0.39, 0.29) is 17.9 Å². The first kappa shape index (κ1) is 23.4. The zero-order valence-corrected chi connectivity index (χ0v) is 19.7. The molecular weight excluding hydrogens is 404 g/mol. The summed E-state index contributed by atoms with van der Waals surface area (Å²) in [6.45, 7) is 6.49. The van der Waals surface area contributed by atoms with Gasteiger partial charge in [0.1, 0.15) is 6.04 Å². The summed E-state index contributed by atoms with van der Waals surface area (Å²) in [4.78, 5) is 27.8. The Bertz CT molecular complexity index is 858. The van der Waals surface area contributed by atoms with Gasteiger partial charge in [0.2, 0.25) is 11.8 Å². The lowest BCUT2D eigenvalue weighted by Crippen LogP contribution is -2.50. The van der Waals surface area contributed by atoms with Crippen LogP contribution in [0.15, 0.2) is 48.5 Å². The maximum absolute atomic E-state index is 13.2. The third kappa shape index (κ3) is 7.13. The number of amides is 2. The van der Waals surface area contributed by atoms with E-state index < -0.39 is 6.04 Å². The Hall–Kier alpha value is -2.27. The van der Waals surface area contributed by atoms with Crippen LogP contribution in [-0.2, 0) is 21.9 Å². The second kappa shape index (κ2) is 11.4. The van der Waals surface area contributed by atoms with Crippen molar-refractivity contribution in [3.05, 3.63) is 70.8 Å². The summed E-state index contributed by atoms with van der Waals surface area (Å²) < 4.78 is 0.